The van der Waals surface area contributed by atoms with E-state index < -0.39 is 10.0 Å². The zero-order valence-corrected chi connectivity index (χ0v) is 13.1. The molecule has 0 radical (unpaired) electrons. The number of aryl methyl sites for hydroxylation is 1. The fourth-order valence-electron chi connectivity index (χ4n) is 1.95. The lowest BCUT2D eigenvalue weighted by Gasteiger charge is -2.03. The number of rotatable bonds is 8. The minimum absolute atomic E-state index is 0.265. The first-order chi connectivity index (χ1) is 10.0. The number of nitrogens with one attached hydrogen (secondary N) is 3. The van der Waals surface area contributed by atoms with Crippen molar-refractivity contribution in [2.45, 2.75) is 24.8 Å². The van der Waals surface area contributed by atoms with Crippen LogP contribution in [0.5, 0.6) is 0 Å². The Labute approximate surface area is 124 Å². The van der Waals surface area contributed by atoms with E-state index in [0.29, 0.717) is 19.5 Å². The highest BCUT2D eigenvalue weighted by Crippen LogP contribution is 2.10. The largest absolute Gasteiger partial charge is 0.363 e. The van der Waals surface area contributed by atoms with Crippen molar-refractivity contribution < 1.29 is 8.42 Å². The molecule has 0 aliphatic carbocycles. The summed E-state index contributed by atoms with van der Waals surface area (Å²) in [6.45, 7) is 3.81. The molecule has 2 rings (SSSR count). The smallest absolute Gasteiger partial charge is 0.242 e. The van der Waals surface area contributed by atoms with Crippen molar-refractivity contribution in [3.05, 3.63) is 35.9 Å². The molecule has 0 saturated carbocycles. The summed E-state index contributed by atoms with van der Waals surface area (Å²) in [5.41, 5.74) is 1.85. The van der Waals surface area contributed by atoms with Crippen molar-refractivity contribution in [1.29, 1.82) is 0 Å². The van der Waals surface area contributed by atoms with Crippen LogP contribution in [-0.2, 0) is 30.0 Å². The van der Waals surface area contributed by atoms with Gasteiger partial charge in [0.1, 0.15) is 0 Å². The molecule has 0 unspecified atom stereocenters. The molecule has 116 valence electrons. The quantitative estimate of drug-likeness (QED) is 0.657. The molecular weight excluding hydrogens is 290 g/mol. The Kier molecular flexibility index (Phi) is 5.16. The number of aromatic amines is 1. The first kappa shape index (κ1) is 15.7. The molecule has 0 amide bonds. The van der Waals surface area contributed by atoms with E-state index in [1.54, 1.807) is 16.9 Å². The van der Waals surface area contributed by atoms with Crippen LogP contribution in [0, 0.1) is 0 Å². The highest BCUT2D eigenvalue weighted by molar-refractivity contribution is 7.89. The Morgan fingerprint density at radius 1 is 1.43 bits per heavy atom. The van der Waals surface area contributed by atoms with E-state index >= 15 is 0 Å². The Bertz CT molecular complexity index is 674. The summed E-state index contributed by atoms with van der Waals surface area (Å²) in [5.74, 6) is 0. The molecule has 21 heavy (non-hydrogen) atoms. The average molecular weight is 311 g/mol. The predicted octanol–water partition coefficient (Wildman–Crippen LogP) is 0.379. The van der Waals surface area contributed by atoms with Crippen LogP contribution in [0.15, 0.2) is 29.6 Å². The maximum atomic E-state index is 12.1. The van der Waals surface area contributed by atoms with Crippen LogP contribution < -0.4 is 10.0 Å². The topological polar surface area (TPSA) is 91.8 Å². The van der Waals surface area contributed by atoms with Crippen LogP contribution >= 0.6 is 0 Å². The third-order valence-corrected chi connectivity index (χ3v) is 4.50. The van der Waals surface area contributed by atoms with Crippen molar-refractivity contribution in [3.63, 3.8) is 0 Å². The third kappa shape index (κ3) is 4.42. The summed E-state index contributed by atoms with van der Waals surface area (Å²) in [7, 11) is -1.63. The molecule has 2 heterocycles. The maximum absolute atomic E-state index is 12.1. The molecule has 8 heteroatoms. The van der Waals surface area contributed by atoms with Gasteiger partial charge in [-0.15, -0.1) is 0 Å². The second kappa shape index (κ2) is 6.88. The molecule has 2 aromatic heterocycles. The van der Waals surface area contributed by atoms with Gasteiger partial charge in [0.2, 0.25) is 10.0 Å². The maximum Gasteiger partial charge on any atom is 0.242 e. The van der Waals surface area contributed by atoms with Gasteiger partial charge in [-0.3, -0.25) is 4.68 Å². The van der Waals surface area contributed by atoms with E-state index in [2.05, 4.69) is 20.1 Å². The number of hydrogen-bond acceptors (Lipinski definition) is 4. The molecule has 2 aromatic rings. The van der Waals surface area contributed by atoms with Crippen LogP contribution in [0.25, 0.3) is 0 Å². The fourth-order valence-corrected chi connectivity index (χ4v) is 3.00. The highest BCUT2D eigenvalue weighted by atomic mass is 32.2. The number of aromatic nitrogens is 3. The van der Waals surface area contributed by atoms with E-state index in [1.165, 1.54) is 6.20 Å². The van der Waals surface area contributed by atoms with Gasteiger partial charge in [0.25, 0.3) is 0 Å². The monoisotopic (exact) mass is 311 g/mol. The van der Waals surface area contributed by atoms with Crippen molar-refractivity contribution >= 4 is 10.0 Å². The van der Waals surface area contributed by atoms with E-state index in [-0.39, 0.29) is 4.90 Å². The molecule has 0 aliphatic rings. The second-order valence-corrected chi connectivity index (χ2v) is 6.58. The zero-order valence-electron chi connectivity index (χ0n) is 12.3. The Morgan fingerprint density at radius 2 is 2.24 bits per heavy atom. The van der Waals surface area contributed by atoms with Crippen molar-refractivity contribution in [2.75, 3.05) is 13.1 Å². The van der Waals surface area contributed by atoms with E-state index in [0.717, 1.165) is 17.8 Å². The lowest BCUT2D eigenvalue weighted by atomic mass is 10.3. The van der Waals surface area contributed by atoms with Crippen molar-refractivity contribution in [1.82, 2.24) is 24.8 Å². The zero-order chi connectivity index (χ0) is 15.3. The summed E-state index contributed by atoms with van der Waals surface area (Å²) in [6.07, 6.45) is 5.74. The molecule has 0 fully saturated rings. The number of nitrogens with zero attached hydrogens (tertiary/aromatic N) is 2. The van der Waals surface area contributed by atoms with E-state index in [1.807, 2.05) is 20.2 Å². The van der Waals surface area contributed by atoms with Gasteiger partial charge in [0.05, 0.1) is 11.1 Å². The second-order valence-electron chi connectivity index (χ2n) is 4.81. The summed E-state index contributed by atoms with van der Waals surface area (Å²) >= 11 is 0. The number of H-pyrrole nitrogens is 1. The van der Waals surface area contributed by atoms with Gasteiger partial charge in [0.15, 0.2) is 0 Å². The van der Waals surface area contributed by atoms with E-state index in [9.17, 15) is 8.42 Å². The van der Waals surface area contributed by atoms with Crippen LogP contribution in [-0.4, -0.2) is 36.3 Å². The van der Waals surface area contributed by atoms with E-state index in [4.69, 9.17) is 0 Å². The summed E-state index contributed by atoms with van der Waals surface area (Å²) < 4.78 is 28.6. The first-order valence-electron chi connectivity index (χ1n) is 6.86. The lowest BCUT2D eigenvalue weighted by molar-refractivity contribution is 0.581. The predicted molar refractivity (Wildman–Crippen MR) is 80.3 cm³/mol. The summed E-state index contributed by atoms with van der Waals surface area (Å²) in [5, 5.41) is 7.19. The molecule has 0 bridgehead atoms. The normalized spacial score (nSPS) is 11.9. The Morgan fingerprint density at radius 3 is 2.90 bits per heavy atom. The third-order valence-electron chi connectivity index (χ3n) is 3.06. The SMILES string of the molecule is CCNCc1cc(S(=O)(=O)NCCc2cnn(C)c2)c[nH]1. The fraction of sp³-hybridized carbons (Fsp3) is 0.462. The molecule has 7 nitrogen and oxygen atoms in total. The molecule has 0 spiro atoms. The minimum atomic E-state index is -3.46. The van der Waals surface area contributed by atoms with Gasteiger partial charge in [-0.05, 0) is 24.6 Å². The molecule has 0 aliphatic heterocycles. The van der Waals surface area contributed by atoms with Gasteiger partial charge < -0.3 is 10.3 Å². The molecule has 0 aromatic carbocycles. The Hall–Kier alpha value is -1.64. The van der Waals surface area contributed by atoms with Crippen LogP contribution in [0.1, 0.15) is 18.2 Å². The van der Waals surface area contributed by atoms with Crippen molar-refractivity contribution in [3.8, 4) is 0 Å². The standard InChI is InChI=1S/C13H21N5O2S/c1-3-14-8-12-6-13(9-15-12)21(19,20)17-5-4-11-7-16-18(2)10-11/h6-7,9-10,14-15,17H,3-5,8H2,1-2H3. The highest BCUT2D eigenvalue weighted by Gasteiger charge is 2.15. The van der Waals surface area contributed by atoms with Gasteiger partial charge in [-0.1, -0.05) is 6.92 Å². The number of sulfonamides is 1. The minimum Gasteiger partial charge on any atom is -0.363 e. The van der Waals surface area contributed by atoms with Crippen LogP contribution in [0.3, 0.4) is 0 Å². The van der Waals surface area contributed by atoms with Gasteiger partial charge in [-0.2, -0.15) is 5.10 Å². The van der Waals surface area contributed by atoms with Gasteiger partial charge in [0, 0.05) is 38.2 Å². The van der Waals surface area contributed by atoms with Crippen molar-refractivity contribution in [2.24, 2.45) is 7.05 Å². The molecule has 0 saturated heterocycles. The summed E-state index contributed by atoms with van der Waals surface area (Å²) in [6, 6.07) is 1.65. The molecule has 3 N–H and O–H groups in total. The Balaban J connectivity index is 1.90. The van der Waals surface area contributed by atoms with Crippen LogP contribution in [0.4, 0.5) is 0 Å². The van der Waals surface area contributed by atoms with Gasteiger partial charge >= 0.3 is 0 Å². The lowest BCUT2D eigenvalue weighted by Crippen LogP contribution is -2.25. The average Bonchev–Trinajstić information content (AvgIpc) is 3.06. The summed E-state index contributed by atoms with van der Waals surface area (Å²) in [4.78, 5) is 3.23. The first-order valence-corrected chi connectivity index (χ1v) is 8.35. The molecular formula is C13H21N5O2S. The van der Waals surface area contributed by atoms with Gasteiger partial charge in [-0.25, -0.2) is 13.1 Å². The van der Waals surface area contributed by atoms with Crippen LogP contribution in [0.2, 0.25) is 0 Å². The number of hydrogen-bond donors (Lipinski definition) is 3. The molecule has 0 atom stereocenters.